The van der Waals surface area contributed by atoms with E-state index in [1.54, 1.807) is 0 Å². The van der Waals surface area contributed by atoms with Crippen molar-refractivity contribution in [2.45, 2.75) is 19.3 Å². The van der Waals surface area contributed by atoms with Crippen LogP contribution in [0.2, 0.25) is 0 Å². The molecule has 0 aromatic carbocycles. The molecule has 1 saturated carbocycles. The van der Waals surface area contributed by atoms with Gasteiger partial charge >= 0.3 is 0 Å². The summed E-state index contributed by atoms with van der Waals surface area (Å²) in [5.41, 5.74) is 0. The van der Waals surface area contributed by atoms with Gasteiger partial charge in [0.15, 0.2) is 0 Å². The van der Waals surface area contributed by atoms with Gasteiger partial charge < -0.3 is 0 Å². The summed E-state index contributed by atoms with van der Waals surface area (Å²) in [6, 6.07) is 0. The first-order chi connectivity index (χ1) is 4.47. The van der Waals surface area contributed by atoms with Crippen molar-refractivity contribution in [2.24, 2.45) is 11.8 Å². The molecule has 9 heavy (non-hydrogen) atoms. The van der Waals surface area contributed by atoms with Crippen LogP contribution in [0.5, 0.6) is 0 Å². The molecule has 0 nitrogen and oxygen atoms in total. The van der Waals surface area contributed by atoms with Gasteiger partial charge in [-0.05, 0) is 24.7 Å². The maximum atomic E-state index is 2.36. The predicted molar refractivity (Wildman–Crippen MR) is 39.1 cm³/mol. The Morgan fingerprint density at radius 3 is 2.00 bits per heavy atom. The van der Waals surface area contributed by atoms with E-state index >= 15 is 0 Å². The average molecular weight is 120 g/mol. The summed E-state index contributed by atoms with van der Waals surface area (Å²) in [4.78, 5) is 0. The first kappa shape index (κ1) is 5.28. The van der Waals surface area contributed by atoms with Gasteiger partial charge in [0.1, 0.15) is 0 Å². The quantitative estimate of drug-likeness (QED) is 0.461. The molecule has 1 fully saturated rings. The van der Waals surface area contributed by atoms with Crippen LogP contribution in [0, 0.1) is 11.8 Å². The first-order valence-corrected chi connectivity index (χ1v) is 3.82. The van der Waals surface area contributed by atoms with Crippen molar-refractivity contribution < 1.29 is 0 Å². The summed E-state index contributed by atoms with van der Waals surface area (Å²) in [6.07, 6.45) is 13.4. The molecule has 0 heteroatoms. The third kappa shape index (κ3) is 0.827. The topological polar surface area (TPSA) is 0 Å². The fourth-order valence-electron chi connectivity index (χ4n) is 1.91. The normalized spacial score (nSPS) is 39.1. The van der Waals surface area contributed by atoms with Crippen LogP contribution in [0.3, 0.4) is 0 Å². The minimum atomic E-state index is 0.898. The number of hydrogen-bond donors (Lipinski definition) is 0. The van der Waals surface area contributed by atoms with E-state index in [9.17, 15) is 0 Å². The van der Waals surface area contributed by atoms with Crippen molar-refractivity contribution in [3.05, 3.63) is 24.3 Å². The highest BCUT2D eigenvalue weighted by Crippen LogP contribution is 2.35. The summed E-state index contributed by atoms with van der Waals surface area (Å²) >= 11 is 0. The molecule has 2 aliphatic carbocycles. The molecular weight excluding hydrogens is 108 g/mol. The number of fused-ring (bicyclic) bond motifs is 1. The van der Waals surface area contributed by atoms with Crippen LogP contribution in [0.25, 0.3) is 0 Å². The highest BCUT2D eigenvalue weighted by Gasteiger charge is 2.23. The zero-order chi connectivity index (χ0) is 6.10. The van der Waals surface area contributed by atoms with Gasteiger partial charge in [-0.2, -0.15) is 0 Å². The Balaban J connectivity index is 2.18. The molecule has 0 N–H and O–H groups in total. The Labute approximate surface area is 56.3 Å². The Bertz CT molecular complexity index is 135. The molecule has 0 spiro atoms. The molecule has 0 aliphatic heterocycles. The number of rotatable bonds is 0. The third-order valence-corrected chi connectivity index (χ3v) is 2.45. The standard InChI is InChI=1S/C9H12/c1-2-5-9-7-3-6-8(9)4-1/h1-2,4-5,8-9H,3,6-7H2. The maximum absolute atomic E-state index is 2.36. The molecule has 0 radical (unpaired) electrons. The van der Waals surface area contributed by atoms with Gasteiger partial charge in [-0.3, -0.25) is 0 Å². The van der Waals surface area contributed by atoms with E-state index in [1.165, 1.54) is 19.3 Å². The maximum Gasteiger partial charge on any atom is -0.0167 e. The number of hydrogen-bond acceptors (Lipinski definition) is 0. The SMILES string of the molecule is C1=CC2CCCC2C=C1. The second-order valence-electron chi connectivity index (χ2n) is 3.03. The zero-order valence-corrected chi connectivity index (χ0v) is 5.59. The van der Waals surface area contributed by atoms with Crippen LogP contribution in [-0.4, -0.2) is 0 Å². The molecule has 0 aromatic rings. The molecule has 0 heterocycles. The van der Waals surface area contributed by atoms with Crippen LogP contribution >= 0.6 is 0 Å². The molecule has 2 aliphatic rings. The van der Waals surface area contributed by atoms with Gasteiger partial charge in [0.25, 0.3) is 0 Å². The van der Waals surface area contributed by atoms with E-state index in [-0.39, 0.29) is 0 Å². The fraction of sp³-hybridized carbons (Fsp3) is 0.556. The minimum absolute atomic E-state index is 0.898. The fourth-order valence-corrected chi connectivity index (χ4v) is 1.91. The highest BCUT2D eigenvalue weighted by atomic mass is 14.3. The summed E-state index contributed by atoms with van der Waals surface area (Å²) in [5, 5.41) is 0. The Morgan fingerprint density at radius 2 is 1.44 bits per heavy atom. The second kappa shape index (κ2) is 2.02. The zero-order valence-electron chi connectivity index (χ0n) is 5.59. The van der Waals surface area contributed by atoms with Gasteiger partial charge in [0, 0.05) is 0 Å². The van der Waals surface area contributed by atoms with Crippen molar-refractivity contribution in [3.63, 3.8) is 0 Å². The van der Waals surface area contributed by atoms with Crippen molar-refractivity contribution in [2.75, 3.05) is 0 Å². The summed E-state index contributed by atoms with van der Waals surface area (Å²) in [7, 11) is 0. The molecule has 2 rings (SSSR count). The lowest BCUT2D eigenvalue weighted by Gasteiger charge is -2.13. The molecule has 0 aromatic heterocycles. The molecular formula is C9H12. The van der Waals surface area contributed by atoms with Gasteiger partial charge in [-0.15, -0.1) is 0 Å². The van der Waals surface area contributed by atoms with E-state index in [1.807, 2.05) is 0 Å². The second-order valence-corrected chi connectivity index (χ2v) is 3.03. The van der Waals surface area contributed by atoms with E-state index in [2.05, 4.69) is 24.3 Å². The van der Waals surface area contributed by atoms with Crippen molar-refractivity contribution in [3.8, 4) is 0 Å². The monoisotopic (exact) mass is 120 g/mol. The third-order valence-electron chi connectivity index (χ3n) is 2.45. The average Bonchev–Trinajstić information content (AvgIpc) is 2.33. The van der Waals surface area contributed by atoms with Gasteiger partial charge in [0.2, 0.25) is 0 Å². The molecule has 0 amide bonds. The Hall–Kier alpha value is -0.520. The van der Waals surface area contributed by atoms with E-state index in [4.69, 9.17) is 0 Å². The lowest BCUT2D eigenvalue weighted by atomic mass is 9.92. The van der Waals surface area contributed by atoms with Gasteiger partial charge in [-0.25, -0.2) is 0 Å². The lowest BCUT2D eigenvalue weighted by molar-refractivity contribution is 0.552. The lowest BCUT2D eigenvalue weighted by Crippen LogP contribution is -2.03. The van der Waals surface area contributed by atoms with E-state index < -0.39 is 0 Å². The van der Waals surface area contributed by atoms with Crippen molar-refractivity contribution in [1.29, 1.82) is 0 Å². The molecule has 2 atom stereocenters. The highest BCUT2D eigenvalue weighted by molar-refractivity contribution is 5.15. The predicted octanol–water partition coefficient (Wildman–Crippen LogP) is 2.53. The summed E-state index contributed by atoms with van der Waals surface area (Å²) in [5.74, 6) is 1.80. The molecule has 2 unspecified atom stereocenters. The number of allylic oxidation sites excluding steroid dienone is 4. The van der Waals surface area contributed by atoms with Crippen LogP contribution in [-0.2, 0) is 0 Å². The van der Waals surface area contributed by atoms with Gasteiger partial charge in [0.05, 0.1) is 0 Å². The van der Waals surface area contributed by atoms with Crippen LogP contribution < -0.4 is 0 Å². The minimum Gasteiger partial charge on any atom is -0.0808 e. The van der Waals surface area contributed by atoms with Crippen LogP contribution in [0.4, 0.5) is 0 Å². The molecule has 48 valence electrons. The summed E-state index contributed by atoms with van der Waals surface area (Å²) in [6.45, 7) is 0. The van der Waals surface area contributed by atoms with E-state index in [0.717, 1.165) is 11.8 Å². The first-order valence-electron chi connectivity index (χ1n) is 3.82. The largest absolute Gasteiger partial charge is 0.0808 e. The van der Waals surface area contributed by atoms with Crippen LogP contribution in [0.1, 0.15) is 19.3 Å². The van der Waals surface area contributed by atoms with Crippen LogP contribution in [0.15, 0.2) is 24.3 Å². The van der Waals surface area contributed by atoms with Gasteiger partial charge in [-0.1, -0.05) is 30.7 Å². The Kier molecular flexibility index (Phi) is 1.18. The Morgan fingerprint density at radius 1 is 0.889 bits per heavy atom. The smallest absolute Gasteiger partial charge is 0.0167 e. The molecule has 0 bridgehead atoms. The van der Waals surface area contributed by atoms with Crippen molar-refractivity contribution in [1.82, 2.24) is 0 Å². The molecule has 0 saturated heterocycles. The van der Waals surface area contributed by atoms with Crippen molar-refractivity contribution >= 4 is 0 Å². The summed E-state index contributed by atoms with van der Waals surface area (Å²) < 4.78 is 0. The van der Waals surface area contributed by atoms with E-state index in [0.29, 0.717) is 0 Å².